The Morgan fingerprint density at radius 2 is 1.87 bits per heavy atom. The van der Waals surface area contributed by atoms with E-state index in [1.54, 1.807) is 0 Å². The van der Waals surface area contributed by atoms with Crippen LogP contribution >= 0.6 is 8.95 Å². The summed E-state index contributed by atoms with van der Waals surface area (Å²) in [7, 11) is 2.06. The van der Waals surface area contributed by atoms with Crippen molar-refractivity contribution in [3.63, 3.8) is 0 Å². The van der Waals surface area contributed by atoms with Gasteiger partial charge in [0.05, 0.1) is 0 Å². The molecular formula is C11H22O2SSn. The second-order valence-corrected chi connectivity index (χ2v) is 21.0. The zero-order chi connectivity index (χ0) is 11.1. The van der Waals surface area contributed by atoms with Gasteiger partial charge in [-0.1, -0.05) is 0 Å². The Balaban J connectivity index is 2.53. The minimum absolute atomic E-state index is 0.0942. The molecule has 15 heavy (non-hydrogen) atoms. The van der Waals surface area contributed by atoms with Crippen LogP contribution in [0.15, 0.2) is 0 Å². The monoisotopic (exact) mass is 338 g/mol. The quantitative estimate of drug-likeness (QED) is 0.692. The number of carbonyl (C=O) groups is 1. The van der Waals surface area contributed by atoms with Gasteiger partial charge in [0.1, 0.15) is 0 Å². The van der Waals surface area contributed by atoms with Crippen molar-refractivity contribution >= 4 is 32.3 Å². The summed E-state index contributed by atoms with van der Waals surface area (Å²) in [6.07, 6.45) is 5.59. The third kappa shape index (κ3) is 4.55. The SMILES string of the molecule is CCC[CH2][Sn]1([CH2]CCC)[O]C(=O)CC[S]1. The molecule has 0 aromatic rings. The maximum absolute atomic E-state index is 11.4. The first-order valence-electron chi connectivity index (χ1n) is 6.08. The Bertz CT molecular complexity index is 201. The Morgan fingerprint density at radius 3 is 2.33 bits per heavy atom. The maximum atomic E-state index is 11.4. The molecule has 0 saturated carbocycles. The predicted molar refractivity (Wildman–Crippen MR) is 68.4 cm³/mol. The van der Waals surface area contributed by atoms with Gasteiger partial charge >= 0.3 is 101 Å². The molecule has 0 radical (unpaired) electrons. The molecule has 1 saturated heterocycles. The molecule has 88 valence electrons. The fraction of sp³-hybridized carbons (Fsp3) is 0.909. The van der Waals surface area contributed by atoms with Crippen LogP contribution in [-0.4, -0.2) is 29.1 Å². The summed E-state index contributed by atoms with van der Waals surface area (Å²) in [5.74, 6) is 1.12. The third-order valence-electron chi connectivity index (χ3n) is 2.79. The van der Waals surface area contributed by atoms with Crippen molar-refractivity contribution in [2.24, 2.45) is 0 Å². The molecule has 1 aliphatic heterocycles. The van der Waals surface area contributed by atoms with Crippen molar-refractivity contribution in [2.45, 2.75) is 54.8 Å². The molecule has 0 aliphatic carbocycles. The Labute approximate surface area is 100 Å². The summed E-state index contributed by atoms with van der Waals surface area (Å²) in [5, 5.41) is 0. The van der Waals surface area contributed by atoms with Gasteiger partial charge in [-0.15, -0.1) is 0 Å². The third-order valence-corrected chi connectivity index (χ3v) is 21.4. The molecule has 1 heterocycles. The molecule has 0 spiro atoms. The van der Waals surface area contributed by atoms with Crippen LogP contribution in [0, 0.1) is 0 Å². The summed E-state index contributed by atoms with van der Waals surface area (Å²) in [5.41, 5.74) is 0. The van der Waals surface area contributed by atoms with Gasteiger partial charge in [0, 0.05) is 0 Å². The van der Waals surface area contributed by atoms with Crippen molar-refractivity contribution < 1.29 is 7.87 Å². The summed E-state index contributed by atoms with van der Waals surface area (Å²) in [4.78, 5) is 11.4. The zero-order valence-electron chi connectivity index (χ0n) is 9.88. The van der Waals surface area contributed by atoms with E-state index in [4.69, 9.17) is 3.07 Å². The van der Waals surface area contributed by atoms with Crippen LogP contribution in [-0.2, 0) is 7.87 Å². The zero-order valence-corrected chi connectivity index (χ0v) is 13.6. The van der Waals surface area contributed by atoms with Gasteiger partial charge in [-0.3, -0.25) is 0 Å². The van der Waals surface area contributed by atoms with Crippen molar-refractivity contribution in [1.29, 1.82) is 0 Å². The second-order valence-electron chi connectivity index (χ2n) is 4.19. The predicted octanol–water partition coefficient (Wildman–Crippen LogP) is 3.71. The molecular weight excluding hydrogens is 315 g/mol. The van der Waals surface area contributed by atoms with E-state index in [-0.39, 0.29) is 5.97 Å². The number of hydrogen-bond donors (Lipinski definition) is 0. The van der Waals surface area contributed by atoms with Crippen molar-refractivity contribution in [1.82, 2.24) is 0 Å². The number of rotatable bonds is 6. The van der Waals surface area contributed by atoms with Crippen molar-refractivity contribution in [2.75, 3.05) is 5.75 Å². The molecule has 1 aliphatic rings. The fourth-order valence-electron chi connectivity index (χ4n) is 1.87. The minimum atomic E-state index is -2.51. The summed E-state index contributed by atoms with van der Waals surface area (Å²) in [6, 6.07) is 0. The van der Waals surface area contributed by atoms with E-state index < -0.39 is 17.4 Å². The molecule has 1 rings (SSSR count). The molecule has 0 aromatic carbocycles. The molecule has 2 nitrogen and oxygen atoms in total. The molecule has 4 heteroatoms. The number of carbonyl (C=O) groups excluding carboxylic acids is 1. The normalized spacial score (nSPS) is 20.0. The van der Waals surface area contributed by atoms with E-state index in [0.29, 0.717) is 6.42 Å². The average molecular weight is 337 g/mol. The Kier molecular flexibility index (Phi) is 6.43. The van der Waals surface area contributed by atoms with E-state index in [9.17, 15) is 4.79 Å². The standard InChI is InChI=1S/2C4H9.C3H6O2S.Sn/c2*1-3-4-2;4-3(5)1-2-6;/h2*1,3-4H2,2H3;6H,1-2H2,(H,4,5);/q;;;+2/p-2. The van der Waals surface area contributed by atoms with E-state index in [0.717, 1.165) is 5.75 Å². The van der Waals surface area contributed by atoms with Gasteiger partial charge in [0.15, 0.2) is 0 Å². The van der Waals surface area contributed by atoms with Gasteiger partial charge < -0.3 is 0 Å². The summed E-state index contributed by atoms with van der Waals surface area (Å²) in [6.45, 7) is 4.43. The van der Waals surface area contributed by atoms with Crippen LogP contribution in [0.5, 0.6) is 0 Å². The first kappa shape index (κ1) is 13.7. The first-order chi connectivity index (χ1) is 7.22. The van der Waals surface area contributed by atoms with Crippen LogP contribution in [0.2, 0.25) is 8.87 Å². The van der Waals surface area contributed by atoms with E-state index in [2.05, 4.69) is 22.8 Å². The Morgan fingerprint density at radius 1 is 1.27 bits per heavy atom. The number of hydrogen-bond acceptors (Lipinski definition) is 3. The van der Waals surface area contributed by atoms with Crippen LogP contribution in [0.1, 0.15) is 46.0 Å². The summed E-state index contributed by atoms with van der Waals surface area (Å²) < 4.78 is 8.29. The van der Waals surface area contributed by atoms with Crippen LogP contribution in [0.25, 0.3) is 0 Å². The number of unbranched alkanes of at least 4 members (excludes halogenated alkanes) is 2. The van der Waals surface area contributed by atoms with Gasteiger partial charge in [0.25, 0.3) is 0 Å². The van der Waals surface area contributed by atoms with E-state index in [1.165, 1.54) is 34.6 Å². The molecule has 0 amide bonds. The van der Waals surface area contributed by atoms with Crippen LogP contribution in [0.4, 0.5) is 0 Å². The second kappa shape index (κ2) is 7.04. The first-order valence-corrected chi connectivity index (χ1v) is 15.8. The van der Waals surface area contributed by atoms with Gasteiger partial charge in [-0.2, -0.15) is 0 Å². The molecule has 0 N–H and O–H groups in total. The summed E-state index contributed by atoms with van der Waals surface area (Å²) >= 11 is -2.51. The average Bonchev–Trinajstić information content (AvgIpc) is 2.24. The van der Waals surface area contributed by atoms with Crippen molar-refractivity contribution in [3.8, 4) is 0 Å². The topological polar surface area (TPSA) is 26.3 Å². The van der Waals surface area contributed by atoms with Crippen LogP contribution < -0.4 is 0 Å². The van der Waals surface area contributed by atoms with Gasteiger partial charge in [0.2, 0.25) is 0 Å². The van der Waals surface area contributed by atoms with Crippen LogP contribution in [0.3, 0.4) is 0 Å². The van der Waals surface area contributed by atoms with Crippen molar-refractivity contribution in [3.05, 3.63) is 0 Å². The van der Waals surface area contributed by atoms with E-state index in [1.807, 2.05) is 0 Å². The molecule has 0 unspecified atom stereocenters. The Hall–Kier alpha value is 0.619. The molecule has 0 aromatic heterocycles. The fourth-order valence-corrected chi connectivity index (χ4v) is 20.3. The van der Waals surface area contributed by atoms with Gasteiger partial charge in [-0.05, 0) is 0 Å². The molecule has 0 atom stereocenters. The molecule has 1 fully saturated rings. The molecule has 0 bridgehead atoms. The van der Waals surface area contributed by atoms with E-state index >= 15 is 0 Å². The van der Waals surface area contributed by atoms with Gasteiger partial charge in [-0.25, -0.2) is 0 Å².